The lowest BCUT2D eigenvalue weighted by Gasteiger charge is -2.34. The smallest absolute Gasteiger partial charge is 0.317 e. The monoisotopic (exact) mass is 329 g/mol. The Hall–Kier alpha value is -1.85. The molecule has 0 saturated carbocycles. The van der Waals surface area contributed by atoms with Crippen LogP contribution in [0, 0.1) is 0 Å². The molecule has 3 rings (SSSR count). The molecule has 0 bridgehead atoms. The number of rotatable bonds is 5. The number of nitrogens with zero attached hydrogens (tertiary/aromatic N) is 2. The molecule has 1 aromatic heterocycles. The molecule has 1 N–H and O–H groups in total. The summed E-state index contributed by atoms with van der Waals surface area (Å²) in [4.78, 5) is 17.9. The molecule has 2 heterocycles. The second-order valence-corrected chi connectivity index (χ2v) is 6.84. The summed E-state index contributed by atoms with van der Waals surface area (Å²) in [6.45, 7) is 5.21. The van der Waals surface area contributed by atoms with Crippen molar-refractivity contribution in [1.82, 2.24) is 15.1 Å². The molecule has 5 heteroatoms. The van der Waals surface area contributed by atoms with Crippen LogP contribution in [0.25, 0.3) is 0 Å². The van der Waals surface area contributed by atoms with Crippen molar-refractivity contribution in [3.63, 3.8) is 0 Å². The summed E-state index contributed by atoms with van der Waals surface area (Å²) in [6, 6.07) is 14.6. The van der Waals surface area contributed by atoms with E-state index in [1.807, 2.05) is 23.1 Å². The average molecular weight is 329 g/mol. The fourth-order valence-corrected chi connectivity index (χ4v) is 3.55. The maximum absolute atomic E-state index is 12.2. The highest BCUT2D eigenvalue weighted by Gasteiger charge is 2.20. The van der Waals surface area contributed by atoms with Crippen LogP contribution in [-0.2, 0) is 13.0 Å². The molecule has 1 fully saturated rings. The zero-order chi connectivity index (χ0) is 15.9. The molecule has 0 unspecified atom stereocenters. The summed E-state index contributed by atoms with van der Waals surface area (Å²) in [7, 11) is 0. The first kappa shape index (κ1) is 16.0. The van der Waals surface area contributed by atoms with Gasteiger partial charge in [-0.15, -0.1) is 11.3 Å². The minimum absolute atomic E-state index is 0.0664. The van der Waals surface area contributed by atoms with Crippen molar-refractivity contribution in [3.05, 3.63) is 58.3 Å². The molecular weight excluding hydrogens is 306 g/mol. The molecule has 2 amide bonds. The number of carbonyl (C=O) groups is 1. The van der Waals surface area contributed by atoms with E-state index >= 15 is 0 Å². The molecule has 1 aliphatic heterocycles. The number of benzene rings is 1. The van der Waals surface area contributed by atoms with Gasteiger partial charge in [-0.05, 0) is 23.4 Å². The lowest BCUT2D eigenvalue weighted by atomic mass is 10.1. The summed E-state index contributed by atoms with van der Waals surface area (Å²) in [5, 5.41) is 5.15. The third-order valence-electron chi connectivity index (χ3n) is 4.15. The van der Waals surface area contributed by atoms with Gasteiger partial charge in [-0.3, -0.25) is 4.90 Å². The molecule has 0 spiro atoms. The number of amides is 2. The molecular formula is C18H23N3OS. The highest BCUT2D eigenvalue weighted by atomic mass is 32.1. The molecule has 1 saturated heterocycles. The quantitative estimate of drug-likeness (QED) is 0.915. The van der Waals surface area contributed by atoms with Gasteiger partial charge in [0.2, 0.25) is 0 Å². The first-order valence-electron chi connectivity index (χ1n) is 8.13. The van der Waals surface area contributed by atoms with E-state index in [9.17, 15) is 4.79 Å². The normalized spacial score (nSPS) is 15.6. The lowest BCUT2D eigenvalue weighted by Crippen LogP contribution is -2.51. The molecule has 1 aromatic carbocycles. The predicted molar refractivity (Wildman–Crippen MR) is 94.7 cm³/mol. The van der Waals surface area contributed by atoms with Crippen molar-refractivity contribution < 1.29 is 4.79 Å². The van der Waals surface area contributed by atoms with Crippen molar-refractivity contribution in [3.8, 4) is 0 Å². The fraction of sp³-hybridized carbons (Fsp3) is 0.389. The minimum atomic E-state index is 0.0664. The van der Waals surface area contributed by atoms with Gasteiger partial charge in [-0.25, -0.2) is 4.79 Å². The van der Waals surface area contributed by atoms with Crippen LogP contribution < -0.4 is 5.32 Å². The zero-order valence-electron chi connectivity index (χ0n) is 13.3. The maximum atomic E-state index is 12.2. The van der Waals surface area contributed by atoms with E-state index in [1.54, 1.807) is 11.3 Å². The second-order valence-electron chi connectivity index (χ2n) is 5.81. The van der Waals surface area contributed by atoms with Crippen LogP contribution in [-0.4, -0.2) is 48.6 Å². The van der Waals surface area contributed by atoms with Crippen LogP contribution in [0.4, 0.5) is 4.79 Å². The number of nitrogens with one attached hydrogen (secondary N) is 1. The van der Waals surface area contributed by atoms with Crippen LogP contribution in [0.1, 0.15) is 10.4 Å². The van der Waals surface area contributed by atoms with Gasteiger partial charge in [-0.1, -0.05) is 36.4 Å². The number of piperazine rings is 1. The minimum Gasteiger partial charge on any atom is -0.338 e. The predicted octanol–water partition coefficient (Wildman–Crippen LogP) is 2.82. The second kappa shape index (κ2) is 8.13. The van der Waals surface area contributed by atoms with Crippen LogP contribution in [0.2, 0.25) is 0 Å². The van der Waals surface area contributed by atoms with Crippen LogP contribution >= 0.6 is 11.3 Å². The van der Waals surface area contributed by atoms with E-state index in [0.717, 1.165) is 39.1 Å². The van der Waals surface area contributed by atoms with Gasteiger partial charge in [0, 0.05) is 44.1 Å². The van der Waals surface area contributed by atoms with Crippen molar-refractivity contribution >= 4 is 17.4 Å². The Morgan fingerprint density at radius 1 is 1.04 bits per heavy atom. The zero-order valence-corrected chi connectivity index (χ0v) is 14.1. The third-order valence-corrected chi connectivity index (χ3v) is 5.01. The van der Waals surface area contributed by atoms with E-state index in [0.29, 0.717) is 6.54 Å². The number of hydrogen-bond acceptors (Lipinski definition) is 3. The summed E-state index contributed by atoms with van der Waals surface area (Å²) in [5.74, 6) is 0. The average Bonchev–Trinajstić information content (AvgIpc) is 3.09. The molecule has 1 aliphatic rings. The Morgan fingerprint density at radius 2 is 1.83 bits per heavy atom. The van der Waals surface area contributed by atoms with Gasteiger partial charge in [-0.2, -0.15) is 0 Å². The summed E-state index contributed by atoms with van der Waals surface area (Å²) in [5.41, 5.74) is 1.26. The van der Waals surface area contributed by atoms with Gasteiger partial charge in [0.1, 0.15) is 0 Å². The Labute approximate surface area is 141 Å². The van der Waals surface area contributed by atoms with Crippen molar-refractivity contribution in [2.24, 2.45) is 0 Å². The Bertz CT molecular complexity index is 592. The van der Waals surface area contributed by atoms with E-state index < -0.39 is 0 Å². The Morgan fingerprint density at radius 3 is 2.52 bits per heavy atom. The van der Waals surface area contributed by atoms with Gasteiger partial charge >= 0.3 is 6.03 Å². The van der Waals surface area contributed by atoms with E-state index in [2.05, 4.69) is 39.9 Å². The van der Waals surface area contributed by atoms with Gasteiger partial charge in [0.15, 0.2) is 0 Å². The molecule has 122 valence electrons. The third kappa shape index (κ3) is 4.81. The van der Waals surface area contributed by atoms with Crippen LogP contribution in [0.15, 0.2) is 47.8 Å². The summed E-state index contributed by atoms with van der Waals surface area (Å²) < 4.78 is 0. The van der Waals surface area contributed by atoms with Gasteiger partial charge < -0.3 is 10.2 Å². The standard InChI is InChI=1S/C18H23N3OS/c22-18(19-9-8-16-5-2-1-3-6-16)21-12-10-20(11-13-21)15-17-7-4-14-23-17/h1-7,14H,8-13,15H2,(H,19,22). The molecule has 2 aromatic rings. The first-order valence-corrected chi connectivity index (χ1v) is 9.01. The highest BCUT2D eigenvalue weighted by Crippen LogP contribution is 2.13. The van der Waals surface area contributed by atoms with Crippen LogP contribution in [0.3, 0.4) is 0 Å². The van der Waals surface area contributed by atoms with Crippen molar-refractivity contribution in [2.45, 2.75) is 13.0 Å². The number of thiophene rings is 1. The van der Waals surface area contributed by atoms with Gasteiger partial charge in [0.25, 0.3) is 0 Å². The number of carbonyl (C=O) groups excluding carboxylic acids is 1. The molecule has 0 radical (unpaired) electrons. The first-order chi connectivity index (χ1) is 11.3. The summed E-state index contributed by atoms with van der Waals surface area (Å²) >= 11 is 1.80. The molecule has 4 nitrogen and oxygen atoms in total. The van der Waals surface area contributed by atoms with Crippen LogP contribution in [0.5, 0.6) is 0 Å². The fourth-order valence-electron chi connectivity index (χ4n) is 2.80. The Balaban J connectivity index is 1.36. The topological polar surface area (TPSA) is 35.6 Å². The number of hydrogen-bond donors (Lipinski definition) is 1. The van der Waals surface area contributed by atoms with Gasteiger partial charge in [0.05, 0.1) is 0 Å². The lowest BCUT2D eigenvalue weighted by molar-refractivity contribution is 0.136. The van der Waals surface area contributed by atoms with E-state index in [-0.39, 0.29) is 6.03 Å². The largest absolute Gasteiger partial charge is 0.338 e. The molecule has 0 aliphatic carbocycles. The highest BCUT2D eigenvalue weighted by molar-refractivity contribution is 7.09. The van der Waals surface area contributed by atoms with Crippen molar-refractivity contribution in [1.29, 1.82) is 0 Å². The molecule has 23 heavy (non-hydrogen) atoms. The number of urea groups is 1. The summed E-state index contributed by atoms with van der Waals surface area (Å²) in [6.07, 6.45) is 0.880. The van der Waals surface area contributed by atoms with E-state index in [1.165, 1.54) is 10.4 Å². The van der Waals surface area contributed by atoms with E-state index in [4.69, 9.17) is 0 Å². The Kier molecular flexibility index (Phi) is 5.66. The maximum Gasteiger partial charge on any atom is 0.317 e. The SMILES string of the molecule is O=C(NCCc1ccccc1)N1CCN(Cc2cccs2)CC1. The van der Waals surface area contributed by atoms with Crippen molar-refractivity contribution in [2.75, 3.05) is 32.7 Å². The molecule has 0 atom stereocenters.